The number of carbonyl (C=O) groups is 2. The molecule has 3 aromatic carbocycles. The van der Waals surface area contributed by atoms with E-state index in [2.05, 4.69) is 36.1 Å². The van der Waals surface area contributed by atoms with Crippen LogP contribution in [-0.4, -0.2) is 54.0 Å². The number of tetrazole rings is 1. The first-order valence-corrected chi connectivity index (χ1v) is 14.7. The van der Waals surface area contributed by atoms with Crippen molar-refractivity contribution in [1.82, 2.24) is 45.8 Å². The molecule has 6 rings (SSSR count). The highest BCUT2D eigenvalue weighted by atomic mass is 35.5. The number of amides is 2. The highest BCUT2D eigenvalue weighted by molar-refractivity contribution is 6.32. The van der Waals surface area contributed by atoms with E-state index in [9.17, 15) is 14.4 Å². The Morgan fingerprint density at radius 2 is 1.85 bits per heavy atom. The summed E-state index contributed by atoms with van der Waals surface area (Å²) in [5, 5.41) is 18.1. The highest BCUT2D eigenvalue weighted by Gasteiger charge is 2.22. The number of H-pyrrole nitrogens is 2. The third-order valence-electron chi connectivity index (χ3n) is 7.20. The number of nitrogens with zero attached hydrogens (tertiary/aromatic N) is 5. The van der Waals surface area contributed by atoms with Crippen LogP contribution in [0.2, 0.25) is 10.2 Å². The van der Waals surface area contributed by atoms with Gasteiger partial charge < -0.3 is 20.6 Å². The van der Waals surface area contributed by atoms with Gasteiger partial charge in [-0.3, -0.25) is 14.4 Å². The molecule has 6 aromatic rings. The van der Waals surface area contributed by atoms with E-state index >= 15 is 0 Å². The summed E-state index contributed by atoms with van der Waals surface area (Å²) >= 11 is 12.9. The molecule has 12 nitrogen and oxygen atoms in total. The van der Waals surface area contributed by atoms with Crippen LogP contribution < -0.4 is 16.2 Å². The second-order valence-corrected chi connectivity index (χ2v) is 11.0. The first-order valence-electron chi connectivity index (χ1n) is 14.0. The smallest absolute Gasteiger partial charge is 0.251 e. The van der Waals surface area contributed by atoms with Gasteiger partial charge in [-0.1, -0.05) is 59.6 Å². The number of rotatable bonds is 9. The van der Waals surface area contributed by atoms with Gasteiger partial charge >= 0.3 is 0 Å². The third kappa shape index (κ3) is 6.58. The number of carbonyl (C=O) groups excluding carboxylic acids is 2. The van der Waals surface area contributed by atoms with Crippen molar-refractivity contribution in [2.24, 2.45) is 0 Å². The van der Waals surface area contributed by atoms with Crippen molar-refractivity contribution in [3.63, 3.8) is 0 Å². The van der Waals surface area contributed by atoms with E-state index < -0.39 is 17.5 Å². The van der Waals surface area contributed by atoms with Crippen LogP contribution in [0.1, 0.15) is 33.4 Å². The van der Waals surface area contributed by atoms with Gasteiger partial charge in [0.2, 0.25) is 11.5 Å². The van der Waals surface area contributed by atoms with Gasteiger partial charge in [0, 0.05) is 46.2 Å². The lowest BCUT2D eigenvalue weighted by atomic mass is 10.0. The summed E-state index contributed by atoms with van der Waals surface area (Å²) in [6.45, 7) is 0. The quantitative estimate of drug-likeness (QED) is 0.165. The lowest BCUT2D eigenvalue weighted by Gasteiger charge is -2.16. The molecular formula is C32H25Cl2N9O3. The van der Waals surface area contributed by atoms with Crippen molar-refractivity contribution >= 4 is 52.0 Å². The van der Waals surface area contributed by atoms with E-state index in [1.807, 2.05) is 30.3 Å². The van der Waals surface area contributed by atoms with Gasteiger partial charge in [0.15, 0.2) is 0 Å². The number of aromatic nitrogens is 7. The first-order chi connectivity index (χ1) is 22.3. The Hall–Kier alpha value is -5.59. The van der Waals surface area contributed by atoms with Crippen LogP contribution in [0.4, 0.5) is 0 Å². The van der Waals surface area contributed by atoms with Crippen molar-refractivity contribution < 1.29 is 9.59 Å². The zero-order chi connectivity index (χ0) is 32.2. The molecule has 0 spiro atoms. The normalized spacial score (nSPS) is 12.0. The summed E-state index contributed by atoms with van der Waals surface area (Å²) in [4.78, 5) is 48.6. The van der Waals surface area contributed by atoms with Crippen LogP contribution in [0, 0.1) is 0 Å². The number of hydrogen-bond donors (Lipinski definition) is 4. The van der Waals surface area contributed by atoms with Crippen LogP contribution in [0.5, 0.6) is 0 Å². The van der Waals surface area contributed by atoms with Crippen LogP contribution in [0.3, 0.4) is 0 Å². The number of aromatic amines is 2. The molecule has 0 aliphatic carbocycles. The van der Waals surface area contributed by atoms with Gasteiger partial charge in [-0.25, -0.2) is 4.98 Å². The first kappa shape index (κ1) is 30.4. The maximum absolute atomic E-state index is 13.3. The molecule has 0 aliphatic heterocycles. The average molecular weight is 655 g/mol. The summed E-state index contributed by atoms with van der Waals surface area (Å²) in [5.41, 5.74) is 3.58. The fourth-order valence-electron chi connectivity index (χ4n) is 5.04. The Morgan fingerprint density at radius 1 is 1.02 bits per heavy atom. The number of fused-ring (bicyclic) bond motifs is 1. The molecule has 3 aromatic heterocycles. The number of pyridine rings is 1. The van der Waals surface area contributed by atoms with Gasteiger partial charge in [-0.05, 0) is 58.8 Å². The predicted molar refractivity (Wildman–Crippen MR) is 175 cm³/mol. The van der Waals surface area contributed by atoms with Crippen LogP contribution in [-0.2, 0) is 11.2 Å². The minimum Gasteiger partial charge on any atom is -0.355 e. The maximum Gasteiger partial charge on any atom is 0.251 e. The van der Waals surface area contributed by atoms with E-state index in [4.69, 9.17) is 28.2 Å². The van der Waals surface area contributed by atoms with E-state index in [0.29, 0.717) is 50.7 Å². The molecule has 230 valence electrons. The highest BCUT2D eigenvalue weighted by Crippen LogP contribution is 2.31. The van der Waals surface area contributed by atoms with Crippen molar-refractivity contribution in [1.29, 1.82) is 0 Å². The minimum absolute atomic E-state index is 0.221. The lowest BCUT2D eigenvalue weighted by molar-refractivity contribution is -0.117. The second-order valence-electron chi connectivity index (χ2n) is 10.2. The molecule has 0 unspecified atom stereocenters. The van der Waals surface area contributed by atoms with Crippen molar-refractivity contribution in [2.75, 3.05) is 7.05 Å². The molecule has 14 heteroatoms. The molecule has 0 aliphatic rings. The van der Waals surface area contributed by atoms with Crippen LogP contribution in [0.15, 0.2) is 90.0 Å². The Labute approximate surface area is 271 Å². The summed E-state index contributed by atoms with van der Waals surface area (Å²) in [5.74, 6) is -0.359. The number of halogens is 2. The third-order valence-corrected chi connectivity index (χ3v) is 7.70. The summed E-state index contributed by atoms with van der Waals surface area (Å²) in [6, 6.07) is 20.6. The molecule has 0 saturated carbocycles. The topological polar surface area (TPSA) is 163 Å². The van der Waals surface area contributed by atoms with Crippen LogP contribution in [0.25, 0.3) is 33.9 Å². The molecule has 46 heavy (non-hydrogen) atoms. The summed E-state index contributed by atoms with van der Waals surface area (Å²) < 4.78 is 1.47. The molecule has 1 atom stereocenters. The van der Waals surface area contributed by atoms with Gasteiger partial charge in [0.05, 0.1) is 17.3 Å². The monoisotopic (exact) mass is 653 g/mol. The largest absolute Gasteiger partial charge is 0.355 e. The fourth-order valence-corrected chi connectivity index (χ4v) is 5.47. The number of hydrogen-bond acceptors (Lipinski definition) is 7. The van der Waals surface area contributed by atoms with E-state index in [1.165, 1.54) is 30.2 Å². The fraction of sp³-hybridized carbons (Fsp3) is 0.0938. The summed E-state index contributed by atoms with van der Waals surface area (Å²) in [7, 11) is 1.49. The van der Waals surface area contributed by atoms with Crippen molar-refractivity contribution in [2.45, 2.75) is 12.5 Å². The standard InChI is InChI=1S/C32H25Cl2N9O3/c1-35-32(46)23-16-28(45)37-24-10-7-20(15-22(23)24)29-30(34)40-31(39-29)25(13-18-5-3-2-4-6-18)38-27(44)12-8-19-14-21(33)9-11-26(19)43-17-36-41-42-43/h2-12,14-17,25H,13H2,1H3,(H,35,46)(H,37,45)(H,38,44)(H,39,40)/b12-8+/t25-/m0/s1. The minimum atomic E-state index is -0.595. The Kier molecular flexibility index (Phi) is 8.72. The molecule has 0 radical (unpaired) electrons. The Balaban J connectivity index is 1.33. The lowest BCUT2D eigenvalue weighted by Crippen LogP contribution is -2.29. The number of imidazole rings is 1. The molecule has 0 saturated heterocycles. The van der Waals surface area contributed by atoms with E-state index in [1.54, 1.807) is 42.5 Å². The van der Waals surface area contributed by atoms with Crippen molar-refractivity contribution in [3.05, 3.63) is 128 Å². The average Bonchev–Trinajstić information content (AvgIpc) is 3.73. The van der Waals surface area contributed by atoms with Gasteiger partial charge in [0.25, 0.3) is 5.91 Å². The van der Waals surface area contributed by atoms with Gasteiger partial charge in [-0.15, -0.1) is 5.10 Å². The summed E-state index contributed by atoms with van der Waals surface area (Å²) in [6.07, 6.45) is 4.88. The number of benzene rings is 3. The molecule has 3 heterocycles. The second kappa shape index (κ2) is 13.2. The van der Waals surface area contributed by atoms with Gasteiger partial charge in [-0.2, -0.15) is 4.68 Å². The number of nitrogens with one attached hydrogen (secondary N) is 4. The van der Waals surface area contributed by atoms with Gasteiger partial charge in [0.1, 0.15) is 23.0 Å². The maximum atomic E-state index is 13.3. The predicted octanol–water partition coefficient (Wildman–Crippen LogP) is 4.67. The van der Waals surface area contributed by atoms with Crippen LogP contribution >= 0.6 is 23.2 Å². The Morgan fingerprint density at radius 3 is 2.61 bits per heavy atom. The SMILES string of the molecule is CNC(=O)c1cc(=O)[nH]c2ccc(-c3nc([C@H](Cc4ccccc4)NC(=O)/C=C/c4cc(Cl)ccc4-n4cnnn4)[nH]c3Cl)cc12. The Bertz CT molecular complexity index is 2140. The van der Waals surface area contributed by atoms with E-state index in [0.717, 1.165) is 5.56 Å². The molecule has 0 bridgehead atoms. The molecule has 0 fully saturated rings. The molecule has 4 N–H and O–H groups in total. The molecule has 2 amide bonds. The zero-order valence-corrected chi connectivity index (χ0v) is 25.7. The molecular weight excluding hydrogens is 629 g/mol. The van der Waals surface area contributed by atoms with E-state index in [-0.39, 0.29) is 16.6 Å². The zero-order valence-electron chi connectivity index (χ0n) is 24.2. The van der Waals surface area contributed by atoms with Crippen molar-refractivity contribution in [3.8, 4) is 16.9 Å².